The molecule has 0 heterocycles. The summed E-state index contributed by atoms with van der Waals surface area (Å²) < 4.78 is 6.05. The number of hydrogen-bond donors (Lipinski definition) is 2. The zero-order chi connectivity index (χ0) is 20.7. The molecule has 0 radical (unpaired) electrons. The van der Waals surface area contributed by atoms with E-state index >= 15 is 0 Å². The van der Waals surface area contributed by atoms with Gasteiger partial charge in [0.2, 0.25) is 11.8 Å². The quantitative estimate of drug-likeness (QED) is 0.732. The average molecular weight is 383 g/mol. The number of nitrogens with two attached hydrogens (primary N) is 1. The number of hydrogen-bond acceptors (Lipinski definition) is 4. The molecule has 0 fully saturated rings. The fourth-order valence-electron chi connectivity index (χ4n) is 3.06. The lowest BCUT2D eigenvalue weighted by atomic mass is 10.1. The van der Waals surface area contributed by atoms with Crippen LogP contribution < -0.4 is 15.8 Å². The summed E-state index contributed by atoms with van der Waals surface area (Å²) in [5.41, 5.74) is 10.6. The maximum absolute atomic E-state index is 12.1. The molecule has 0 bridgehead atoms. The highest BCUT2D eigenvalue weighted by Gasteiger charge is 2.13. The summed E-state index contributed by atoms with van der Waals surface area (Å²) in [6, 6.07) is 12.3. The summed E-state index contributed by atoms with van der Waals surface area (Å²) in [5, 5.41) is 2.49. The number of nitrogens with zero attached hydrogens (tertiary/aromatic N) is 1. The van der Waals surface area contributed by atoms with Crippen molar-refractivity contribution in [3.05, 3.63) is 64.2 Å². The highest BCUT2D eigenvalue weighted by molar-refractivity contribution is 5.85. The zero-order valence-electron chi connectivity index (χ0n) is 17.0. The van der Waals surface area contributed by atoms with E-state index in [1.807, 2.05) is 32.0 Å². The number of likely N-dealkylation sites (N-methyl/N-ethyl adjacent to an activating group) is 1. The van der Waals surface area contributed by atoms with Crippen molar-refractivity contribution in [3.63, 3.8) is 0 Å². The van der Waals surface area contributed by atoms with Gasteiger partial charge in [-0.05, 0) is 43.0 Å². The number of nitrogens with one attached hydrogen (secondary N) is 1. The van der Waals surface area contributed by atoms with Gasteiger partial charge in [-0.2, -0.15) is 0 Å². The molecule has 6 nitrogen and oxygen atoms in total. The SMILES string of the molecule is Cc1cccc(COc2c(C)cc(CN(C)C(=O)CNC(=O)CN)cc2C)c1. The smallest absolute Gasteiger partial charge is 0.242 e. The van der Waals surface area contributed by atoms with Crippen LogP contribution in [0, 0.1) is 20.8 Å². The standard InChI is InChI=1S/C22H29N3O3/c1-15-6-5-7-18(8-15)14-28-22-16(2)9-19(10-17(22)3)13-25(4)21(27)12-24-20(26)11-23/h5-10H,11-14,23H2,1-4H3,(H,24,26). The summed E-state index contributed by atoms with van der Waals surface area (Å²) in [7, 11) is 1.71. The summed E-state index contributed by atoms with van der Waals surface area (Å²) in [5.74, 6) is 0.356. The third-order valence-electron chi connectivity index (χ3n) is 4.45. The van der Waals surface area contributed by atoms with Crippen LogP contribution in [0.4, 0.5) is 0 Å². The number of carbonyl (C=O) groups is 2. The van der Waals surface area contributed by atoms with Gasteiger partial charge in [0.05, 0.1) is 13.1 Å². The Hall–Kier alpha value is -2.86. The molecule has 2 aromatic rings. The Morgan fingerprint density at radius 2 is 1.75 bits per heavy atom. The molecule has 6 heteroatoms. The summed E-state index contributed by atoms with van der Waals surface area (Å²) in [6.45, 7) is 6.87. The first-order valence-corrected chi connectivity index (χ1v) is 9.29. The molecule has 0 spiro atoms. The van der Waals surface area contributed by atoms with Crippen LogP contribution >= 0.6 is 0 Å². The Kier molecular flexibility index (Phi) is 7.58. The first kappa shape index (κ1) is 21.4. The fraction of sp³-hybridized carbons (Fsp3) is 0.364. The molecule has 3 N–H and O–H groups in total. The molecule has 0 aliphatic rings. The lowest BCUT2D eigenvalue weighted by molar-refractivity contribution is -0.131. The van der Waals surface area contributed by atoms with E-state index in [4.69, 9.17) is 10.5 Å². The number of rotatable bonds is 8. The second kappa shape index (κ2) is 9.90. The topological polar surface area (TPSA) is 84.7 Å². The minimum Gasteiger partial charge on any atom is -0.488 e. The molecule has 0 aliphatic carbocycles. The van der Waals surface area contributed by atoms with Crippen molar-refractivity contribution in [2.45, 2.75) is 33.9 Å². The highest BCUT2D eigenvalue weighted by Crippen LogP contribution is 2.26. The predicted octanol–water partition coefficient (Wildman–Crippen LogP) is 2.22. The molecule has 0 saturated carbocycles. The maximum atomic E-state index is 12.1. The molecule has 2 rings (SSSR count). The zero-order valence-corrected chi connectivity index (χ0v) is 17.0. The van der Waals surface area contributed by atoms with Gasteiger partial charge < -0.3 is 20.7 Å². The Morgan fingerprint density at radius 3 is 2.36 bits per heavy atom. The molecule has 2 aromatic carbocycles. The second-order valence-corrected chi connectivity index (χ2v) is 7.07. The van der Waals surface area contributed by atoms with Gasteiger partial charge in [-0.3, -0.25) is 9.59 Å². The third kappa shape index (κ3) is 6.09. The largest absolute Gasteiger partial charge is 0.488 e. The van der Waals surface area contributed by atoms with Crippen LogP contribution in [-0.2, 0) is 22.7 Å². The van der Waals surface area contributed by atoms with Crippen molar-refractivity contribution in [1.82, 2.24) is 10.2 Å². The highest BCUT2D eigenvalue weighted by atomic mass is 16.5. The first-order chi connectivity index (χ1) is 13.3. The van der Waals surface area contributed by atoms with E-state index in [1.54, 1.807) is 11.9 Å². The lowest BCUT2D eigenvalue weighted by Gasteiger charge is -2.20. The molecule has 0 saturated heterocycles. The van der Waals surface area contributed by atoms with Gasteiger partial charge in [-0.1, -0.05) is 42.0 Å². The molecule has 0 aromatic heterocycles. The van der Waals surface area contributed by atoms with Crippen molar-refractivity contribution in [1.29, 1.82) is 0 Å². The molecule has 0 unspecified atom stereocenters. The molecule has 0 atom stereocenters. The van der Waals surface area contributed by atoms with Crippen molar-refractivity contribution in [2.24, 2.45) is 5.73 Å². The average Bonchev–Trinajstić information content (AvgIpc) is 2.65. The van der Waals surface area contributed by atoms with E-state index in [2.05, 4.69) is 30.4 Å². The minimum atomic E-state index is -0.344. The van der Waals surface area contributed by atoms with Crippen LogP contribution in [-0.4, -0.2) is 36.9 Å². The van der Waals surface area contributed by atoms with Crippen LogP contribution in [0.15, 0.2) is 36.4 Å². The van der Waals surface area contributed by atoms with Crippen LogP contribution in [0.5, 0.6) is 5.75 Å². The summed E-state index contributed by atoms with van der Waals surface area (Å²) in [6.07, 6.45) is 0. The van der Waals surface area contributed by atoms with Crippen LogP contribution in [0.2, 0.25) is 0 Å². The fourth-order valence-corrected chi connectivity index (χ4v) is 3.06. The van der Waals surface area contributed by atoms with Gasteiger partial charge in [0, 0.05) is 13.6 Å². The normalized spacial score (nSPS) is 10.5. The van der Waals surface area contributed by atoms with Crippen LogP contribution in [0.3, 0.4) is 0 Å². The van der Waals surface area contributed by atoms with E-state index in [0.29, 0.717) is 13.2 Å². The number of aryl methyl sites for hydroxylation is 3. The van der Waals surface area contributed by atoms with Crippen LogP contribution in [0.25, 0.3) is 0 Å². The van der Waals surface area contributed by atoms with E-state index in [-0.39, 0.29) is 24.9 Å². The molecule has 28 heavy (non-hydrogen) atoms. The first-order valence-electron chi connectivity index (χ1n) is 9.29. The van der Waals surface area contributed by atoms with Gasteiger partial charge in [0.1, 0.15) is 12.4 Å². The monoisotopic (exact) mass is 383 g/mol. The lowest BCUT2D eigenvalue weighted by Crippen LogP contribution is -2.40. The van der Waals surface area contributed by atoms with E-state index in [1.165, 1.54) is 5.56 Å². The predicted molar refractivity (Wildman–Crippen MR) is 110 cm³/mol. The van der Waals surface area contributed by atoms with Gasteiger partial charge in [-0.15, -0.1) is 0 Å². The van der Waals surface area contributed by atoms with E-state index in [9.17, 15) is 9.59 Å². The maximum Gasteiger partial charge on any atom is 0.242 e. The summed E-state index contributed by atoms with van der Waals surface area (Å²) >= 11 is 0. The summed E-state index contributed by atoms with van der Waals surface area (Å²) in [4.78, 5) is 24.9. The van der Waals surface area contributed by atoms with Gasteiger partial charge in [-0.25, -0.2) is 0 Å². The molecule has 0 aliphatic heterocycles. The third-order valence-corrected chi connectivity index (χ3v) is 4.45. The Balaban J connectivity index is 2.00. The number of amides is 2. The number of carbonyl (C=O) groups excluding carboxylic acids is 2. The van der Waals surface area contributed by atoms with E-state index < -0.39 is 0 Å². The number of ether oxygens (including phenoxy) is 1. The van der Waals surface area contributed by atoms with Crippen molar-refractivity contribution >= 4 is 11.8 Å². The van der Waals surface area contributed by atoms with E-state index in [0.717, 1.165) is 28.0 Å². The Bertz CT molecular complexity index is 826. The molecule has 2 amide bonds. The van der Waals surface area contributed by atoms with Crippen molar-refractivity contribution in [2.75, 3.05) is 20.1 Å². The van der Waals surface area contributed by atoms with Gasteiger partial charge in [0.25, 0.3) is 0 Å². The molecule has 150 valence electrons. The second-order valence-electron chi connectivity index (χ2n) is 7.07. The minimum absolute atomic E-state index is 0.0534. The number of benzene rings is 2. The van der Waals surface area contributed by atoms with Crippen LogP contribution in [0.1, 0.15) is 27.8 Å². The molecular formula is C22H29N3O3. The van der Waals surface area contributed by atoms with Crippen molar-refractivity contribution in [3.8, 4) is 5.75 Å². The Labute approximate surface area is 166 Å². The van der Waals surface area contributed by atoms with Gasteiger partial charge >= 0.3 is 0 Å². The Morgan fingerprint density at radius 1 is 1.07 bits per heavy atom. The molecular weight excluding hydrogens is 354 g/mol. The van der Waals surface area contributed by atoms with Crippen molar-refractivity contribution < 1.29 is 14.3 Å². The van der Waals surface area contributed by atoms with Gasteiger partial charge in [0.15, 0.2) is 0 Å².